The lowest BCUT2D eigenvalue weighted by molar-refractivity contribution is -0.143. The maximum atomic E-state index is 13.3. The largest absolute Gasteiger partial charge is 0.377 e. The minimum atomic E-state index is -0.862. The third kappa shape index (κ3) is 3.13. The van der Waals surface area contributed by atoms with E-state index >= 15 is 0 Å². The fraction of sp³-hybridized carbons (Fsp3) is 0.450. The first kappa shape index (κ1) is 18.5. The van der Waals surface area contributed by atoms with Crippen LogP contribution in [0, 0.1) is 13.8 Å². The number of nitrogens with zero attached hydrogens (tertiary/aromatic N) is 3. The average Bonchev–Trinajstić information content (AvgIpc) is 3.40. The van der Waals surface area contributed by atoms with Gasteiger partial charge in [-0.15, -0.1) is 0 Å². The normalized spacial score (nSPS) is 20.6. The Hall–Kier alpha value is -2.87. The number of carbonyl (C=O) groups excluding carboxylic acids is 2. The number of aryl methyl sites for hydroxylation is 1. The van der Waals surface area contributed by atoms with E-state index in [9.17, 15) is 9.59 Å². The van der Waals surface area contributed by atoms with E-state index in [1.54, 1.807) is 0 Å². The zero-order valence-corrected chi connectivity index (χ0v) is 16.1. The predicted octanol–water partition coefficient (Wildman–Crippen LogP) is 1.59. The van der Waals surface area contributed by atoms with Crippen molar-refractivity contribution in [2.24, 2.45) is 5.73 Å². The number of aromatic nitrogens is 2. The third-order valence-corrected chi connectivity index (χ3v) is 5.59. The fourth-order valence-electron chi connectivity index (χ4n) is 4.07. The van der Waals surface area contributed by atoms with Crippen LogP contribution in [0.15, 0.2) is 30.3 Å². The molecule has 28 heavy (non-hydrogen) atoms. The maximum absolute atomic E-state index is 13.3. The molecule has 8 heteroatoms. The van der Waals surface area contributed by atoms with Gasteiger partial charge in [0, 0.05) is 17.8 Å². The molecule has 2 heterocycles. The molecular weight excluding hydrogens is 358 g/mol. The Morgan fingerprint density at radius 1 is 1.25 bits per heavy atom. The highest BCUT2D eigenvalue weighted by Crippen LogP contribution is 2.40. The molecular formula is C20H25N5O3. The van der Waals surface area contributed by atoms with Crippen molar-refractivity contribution < 1.29 is 14.3 Å². The summed E-state index contributed by atoms with van der Waals surface area (Å²) in [6, 6.07) is 8.99. The number of para-hydroxylation sites is 1. The molecule has 0 spiro atoms. The lowest BCUT2D eigenvalue weighted by Crippen LogP contribution is -2.55. The van der Waals surface area contributed by atoms with Gasteiger partial charge in [0.15, 0.2) is 0 Å². The lowest BCUT2D eigenvalue weighted by Gasteiger charge is -2.38. The molecule has 1 aromatic carbocycles. The minimum absolute atomic E-state index is 0.0918. The Morgan fingerprint density at radius 2 is 1.96 bits per heavy atom. The number of urea groups is 1. The molecule has 3 amide bonds. The Morgan fingerprint density at radius 3 is 2.61 bits per heavy atom. The number of amides is 3. The third-order valence-electron chi connectivity index (χ3n) is 5.59. The molecule has 0 bridgehead atoms. The maximum Gasteiger partial charge on any atom is 0.313 e. The van der Waals surface area contributed by atoms with Gasteiger partial charge in [0.05, 0.1) is 30.6 Å². The van der Waals surface area contributed by atoms with E-state index in [4.69, 9.17) is 15.6 Å². The van der Waals surface area contributed by atoms with Gasteiger partial charge >= 0.3 is 6.03 Å². The van der Waals surface area contributed by atoms with Gasteiger partial charge in [-0.2, -0.15) is 5.10 Å². The Bertz CT molecular complexity index is 904. The van der Waals surface area contributed by atoms with Crippen molar-refractivity contribution in [1.29, 1.82) is 0 Å². The van der Waals surface area contributed by atoms with Gasteiger partial charge in [-0.3, -0.25) is 4.79 Å². The Balaban J connectivity index is 1.68. The number of carbonyl (C=O) groups is 2. The van der Waals surface area contributed by atoms with Gasteiger partial charge < -0.3 is 20.7 Å². The number of primary amides is 1. The second-order valence-electron chi connectivity index (χ2n) is 7.49. The first-order valence-electron chi connectivity index (χ1n) is 9.51. The van der Waals surface area contributed by atoms with Crippen molar-refractivity contribution in [3.05, 3.63) is 47.3 Å². The van der Waals surface area contributed by atoms with Crippen LogP contribution in [0.3, 0.4) is 0 Å². The summed E-state index contributed by atoms with van der Waals surface area (Å²) in [6.45, 7) is 5.31. The van der Waals surface area contributed by atoms with E-state index in [2.05, 4.69) is 5.32 Å². The molecule has 1 aliphatic carbocycles. The number of rotatable bonds is 4. The summed E-state index contributed by atoms with van der Waals surface area (Å²) in [6.07, 6.45) is 1.22. The Kier molecular flexibility index (Phi) is 4.58. The summed E-state index contributed by atoms with van der Waals surface area (Å²) in [5, 5.41) is 7.35. The van der Waals surface area contributed by atoms with Crippen LogP contribution in [-0.4, -0.2) is 51.9 Å². The molecule has 2 aliphatic rings. The highest BCUT2D eigenvalue weighted by molar-refractivity contribution is 5.93. The van der Waals surface area contributed by atoms with Gasteiger partial charge in [0.25, 0.3) is 0 Å². The first-order chi connectivity index (χ1) is 13.4. The molecule has 1 saturated heterocycles. The summed E-state index contributed by atoms with van der Waals surface area (Å²) in [4.78, 5) is 26.5. The molecule has 1 unspecified atom stereocenters. The molecule has 2 aromatic rings. The number of nitrogens with two attached hydrogens (primary N) is 1. The van der Waals surface area contributed by atoms with E-state index in [-0.39, 0.29) is 11.9 Å². The van der Waals surface area contributed by atoms with Gasteiger partial charge in [0.1, 0.15) is 5.54 Å². The van der Waals surface area contributed by atoms with Crippen LogP contribution < -0.4 is 11.1 Å². The highest BCUT2D eigenvalue weighted by Gasteiger charge is 2.54. The number of morpholine rings is 1. The van der Waals surface area contributed by atoms with Gasteiger partial charge in [-0.1, -0.05) is 18.2 Å². The smallest absolute Gasteiger partial charge is 0.313 e. The second-order valence-corrected chi connectivity index (χ2v) is 7.49. The van der Waals surface area contributed by atoms with Crippen LogP contribution >= 0.6 is 0 Å². The molecule has 1 atom stereocenters. The number of nitrogens with one attached hydrogen (secondary N) is 1. The van der Waals surface area contributed by atoms with Gasteiger partial charge in [-0.05, 0) is 38.8 Å². The molecule has 2 fully saturated rings. The van der Waals surface area contributed by atoms with Crippen LogP contribution in [0.5, 0.6) is 0 Å². The van der Waals surface area contributed by atoms with Crippen molar-refractivity contribution in [1.82, 2.24) is 20.0 Å². The highest BCUT2D eigenvalue weighted by atomic mass is 16.5. The van der Waals surface area contributed by atoms with E-state index in [1.807, 2.05) is 53.8 Å². The SMILES string of the molecule is Cc1nn(-c2ccccc2)c(C)c1C1COCCN1C(=O)C1(NC(N)=O)CC1. The molecule has 1 aromatic heterocycles. The van der Waals surface area contributed by atoms with E-state index in [1.165, 1.54) is 0 Å². The van der Waals surface area contributed by atoms with Crippen LogP contribution in [0.1, 0.15) is 35.8 Å². The van der Waals surface area contributed by atoms with E-state index < -0.39 is 11.6 Å². The monoisotopic (exact) mass is 383 g/mol. The molecule has 3 N–H and O–H groups in total. The summed E-state index contributed by atoms with van der Waals surface area (Å²) in [5.41, 5.74) is 8.23. The topological polar surface area (TPSA) is 102 Å². The number of hydrogen-bond donors (Lipinski definition) is 2. The van der Waals surface area contributed by atoms with Gasteiger partial charge in [-0.25, -0.2) is 9.48 Å². The minimum Gasteiger partial charge on any atom is -0.377 e. The molecule has 1 saturated carbocycles. The molecule has 148 valence electrons. The molecule has 4 rings (SSSR count). The van der Waals surface area contributed by atoms with Crippen molar-refractivity contribution in [3.8, 4) is 5.69 Å². The van der Waals surface area contributed by atoms with Crippen LogP contribution in [0.25, 0.3) is 5.69 Å². The molecule has 0 radical (unpaired) electrons. The van der Waals surface area contributed by atoms with Crippen molar-refractivity contribution in [2.45, 2.75) is 38.3 Å². The standard InChI is InChI=1S/C20H25N5O3/c1-13-17(14(2)25(23-13)15-6-4-3-5-7-15)16-12-28-11-10-24(16)18(26)20(8-9-20)22-19(21)27/h3-7,16H,8-12H2,1-2H3,(H3,21,22,27). The van der Waals surface area contributed by atoms with Crippen LogP contribution in [-0.2, 0) is 9.53 Å². The van der Waals surface area contributed by atoms with Crippen LogP contribution in [0.4, 0.5) is 4.79 Å². The number of ether oxygens (including phenoxy) is 1. The van der Waals surface area contributed by atoms with Crippen molar-refractivity contribution in [3.63, 3.8) is 0 Å². The lowest BCUT2D eigenvalue weighted by atomic mass is 10.0. The number of hydrogen-bond acceptors (Lipinski definition) is 4. The average molecular weight is 383 g/mol. The fourth-order valence-corrected chi connectivity index (χ4v) is 4.07. The van der Waals surface area contributed by atoms with Crippen LogP contribution in [0.2, 0.25) is 0 Å². The second kappa shape index (κ2) is 6.94. The van der Waals surface area contributed by atoms with Crippen molar-refractivity contribution in [2.75, 3.05) is 19.8 Å². The first-order valence-corrected chi connectivity index (χ1v) is 9.51. The van der Waals surface area contributed by atoms with E-state index in [0.29, 0.717) is 32.6 Å². The van der Waals surface area contributed by atoms with Crippen molar-refractivity contribution >= 4 is 11.9 Å². The summed E-state index contributed by atoms with van der Waals surface area (Å²) in [5.74, 6) is -0.0918. The quantitative estimate of drug-likeness (QED) is 0.837. The predicted molar refractivity (Wildman–Crippen MR) is 103 cm³/mol. The van der Waals surface area contributed by atoms with Gasteiger partial charge in [0.2, 0.25) is 5.91 Å². The summed E-state index contributed by atoms with van der Waals surface area (Å²) in [7, 11) is 0. The number of benzene rings is 1. The zero-order valence-electron chi connectivity index (χ0n) is 16.1. The summed E-state index contributed by atoms with van der Waals surface area (Å²) < 4.78 is 7.61. The molecule has 8 nitrogen and oxygen atoms in total. The Labute approximate surface area is 163 Å². The van der Waals surface area contributed by atoms with E-state index in [0.717, 1.165) is 22.6 Å². The summed E-state index contributed by atoms with van der Waals surface area (Å²) >= 11 is 0. The zero-order chi connectivity index (χ0) is 19.9. The molecule has 1 aliphatic heterocycles.